The monoisotopic (exact) mass is 171 g/mol. The van der Waals surface area contributed by atoms with E-state index in [0.717, 1.165) is 19.5 Å². The van der Waals surface area contributed by atoms with Gasteiger partial charge in [-0.1, -0.05) is 0 Å². The molecule has 2 N–H and O–H groups in total. The molecule has 0 aromatic carbocycles. The second-order valence-corrected chi connectivity index (χ2v) is 3.51. The number of carbonyl (C=O) groups is 1. The summed E-state index contributed by atoms with van der Waals surface area (Å²) < 4.78 is 0. The Hall–Kier alpha value is -0.770. The quantitative estimate of drug-likeness (QED) is 0.601. The van der Waals surface area contributed by atoms with Gasteiger partial charge in [-0.15, -0.1) is 0 Å². The second-order valence-electron chi connectivity index (χ2n) is 3.51. The third-order valence-electron chi connectivity index (χ3n) is 2.27. The molecule has 1 saturated heterocycles. The van der Waals surface area contributed by atoms with Crippen LogP contribution in [-0.4, -0.2) is 49.6 Å². The van der Waals surface area contributed by atoms with Gasteiger partial charge in [-0.25, -0.2) is 4.79 Å². The van der Waals surface area contributed by atoms with E-state index in [9.17, 15) is 4.79 Å². The van der Waals surface area contributed by atoms with Gasteiger partial charge in [0.1, 0.15) is 0 Å². The standard InChI is InChI=1S/C8H17N3O/c1-10(2)8(12)11-4-3-7(5-9)6-11/h7H,3-6,9H2,1-2H3/t7-/m0/s1. The minimum absolute atomic E-state index is 0.103. The van der Waals surface area contributed by atoms with Crippen LogP contribution >= 0.6 is 0 Å². The Labute approximate surface area is 73.3 Å². The molecule has 1 rings (SSSR count). The Balaban J connectivity index is 2.41. The number of hydrogen-bond acceptors (Lipinski definition) is 2. The molecule has 4 heteroatoms. The highest BCUT2D eigenvalue weighted by atomic mass is 16.2. The number of carbonyl (C=O) groups excluding carboxylic acids is 1. The van der Waals surface area contributed by atoms with E-state index in [2.05, 4.69) is 0 Å². The molecule has 0 unspecified atom stereocenters. The number of likely N-dealkylation sites (tertiary alicyclic amines) is 1. The van der Waals surface area contributed by atoms with Crippen LogP contribution in [0.25, 0.3) is 0 Å². The van der Waals surface area contributed by atoms with E-state index in [-0.39, 0.29) is 6.03 Å². The lowest BCUT2D eigenvalue weighted by atomic mass is 10.1. The SMILES string of the molecule is CN(C)C(=O)N1CC[C@@H](CN)C1. The van der Waals surface area contributed by atoms with Gasteiger partial charge in [-0.2, -0.15) is 0 Å². The fourth-order valence-electron chi connectivity index (χ4n) is 1.48. The summed E-state index contributed by atoms with van der Waals surface area (Å²) in [5, 5.41) is 0. The van der Waals surface area contributed by atoms with Gasteiger partial charge in [0.2, 0.25) is 0 Å². The van der Waals surface area contributed by atoms with Gasteiger partial charge in [-0.3, -0.25) is 0 Å². The fourth-order valence-corrected chi connectivity index (χ4v) is 1.48. The lowest BCUT2D eigenvalue weighted by Crippen LogP contribution is -2.38. The molecule has 1 fully saturated rings. The van der Waals surface area contributed by atoms with Crippen LogP contribution in [0.15, 0.2) is 0 Å². The molecule has 1 heterocycles. The summed E-state index contributed by atoms with van der Waals surface area (Å²) >= 11 is 0. The van der Waals surface area contributed by atoms with Gasteiger partial charge in [0.15, 0.2) is 0 Å². The first-order valence-electron chi connectivity index (χ1n) is 4.31. The molecule has 2 amide bonds. The molecule has 4 nitrogen and oxygen atoms in total. The smallest absolute Gasteiger partial charge is 0.319 e. The van der Waals surface area contributed by atoms with Crippen LogP contribution in [0.5, 0.6) is 0 Å². The van der Waals surface area contributed by atoms with E-state index in [1.54, 1.807) is 19.0 Å². The van der Waals surface area contributed by atoms with Crippen LogP contribution in [0.4, 0.5) is 4.79 Å². The Kier molecular flexibility index (Phi) is 2.92. The van der Waals surface area contributed by atoms with Crippen molar-refractivity contribution in [2.24, 2.45) is 11.7 Å². The summed E-state index contributed by atoms with van der Waals surface area (Å²) in [6.07, 6.45) is 1.05. The molecule has 0 radical (unpaired) electrons. The van der Waals surface area contributed by atoms with Crippen LogP contribution in [-0.2, 0) is 0 Å². The fraction of sp³-hybridized carbons (Fsp3) is 0.875. The van der Waals surface area contributed by atoms with Crippen molar-refractivity contribution in [2.45, 2.75) is 6.42 Å². The first-order valence-corrected chi connectivity index (χ1v) is 4.31. The van der Waals surface area contributed by atoms with E-state index >= 15 is 0 Å². The van der Waals surface area contributed by atoms with E-state index in [0.29, 0.717) is 12.5 Å². The number of amides is 2. The molecule has 0 spiro atoms. The summed E-state index contributed by atoms with van der Waals surface area (Å²) in [5.74, 6) is 0.508. The number of urea groups is 1. The normalized spacial score (nSPS) is 22.9. The third kappa shape index (κ3) is 1.88. The maximum Gasteiger partial charge on any atom is 0.319 e. The van der Waals surface area contributed by atoms with Crippen molar-refractivity contribution < 1.29 is 4.79 Å². The number of nitrogens with two attached hydrogens (primary N) is 1. The zero-order chi connectivity index (χ0) is 9.14. The lowest BCUT2D eigenvalue weighted by Gasteiger charge is -2.20. The first-order chi connectivity index (χ1) is 5.65. The van der Waals surface area contributed by atoms with E-state index in [4.69, 9.17) is 5.73 Å². The molecular weight excluding hydrogens is 154 g/mol. The number of nitrogens with zero attached hydrogens (tertiary/aromatic N) is 2. The van der Waals surface area contributed by atoms with Gasteiger partial charge in [0.05, 0.1) is 0 Å². The van der Waals surface area contributed by atoms with Gasteiger partial charge in [0, 0.05) is 27.2 Å². The summed E-state index contributed by atoms with van der Waals surface area (Å²) in [7, 11) is 3.55. The molecule has 0 aromatic heterocycles. The van der Waals surface area contributed by atoms with E-state index in [1.807, 2.05) is 4.90 Å². The molecule has 0 aliphatic carbocycles. The molecule has 0 saturated carbocycles. The zero-order valence-electron chi connectivity index (χ0n) is 7.79. The largest absolute Gasteiger partial charge is 0.331 e. The average molecular weight is 171 g/mol. The second kappa shape index (κ2) is 3.76. The summed E-state index contributed by atoms with van der Waals surface area (Å²) in [5.41, 5.74) is 5.52. The maximum atomic E-state index is 11.4. The van der Waals surface area contributed by atoms with E-state index < -0.39 is 0 Å². The van der Waals surface area contributed by atoms with Crippen molar-refractivity contribution in [3.05, 3.63) is 0 Å². The Morgan fingerprint density at radius 3 is 2.75 bits per heavy atom. The van der Waals surface area contributed by atoms with Gasteiger partial charge < -0.3 is 15.5 Å². The summed E-state index contributed by atoms with van der Waals surface area (Å²) in [6.45, 7) is 2.38. The summed E-state index contributed by atoms with van der Waals surface area (Å²) in [4.78, 5) is 14.9. The summed E-state index contributed by atoms with van der Waals surface area (Å²) in [6, 6.07) is 0.103. The third-order valence-corrected chi connectivity index (χ3v) is 2.27. The highest BCUT2D eigenvalue weighted by Crippen LogP contribution is 2.15. The predicted octanol–water partition coefficient (Wildman–Crippen LogP) is -0.0514. The average Bonchev–Trinajstić information content (AvgIpc) is 2.50. The van der Waals surface area contributed by atoms with Crippen LogP contribution in [0.3, 0.4) is 0 Å². The Morgan fingerprint density at radius 2 is 2.33 bits per heavy atom. The van der Waals surface area contributed by atoms with Crippen molar-refractivity contribution >= 4 is 6.03 Å². The Morgan fingerprint density at radius 1 is 1.67 bits per heavy atom. The lowest BCUT2D eigenvalue weighted by molar-refractivity contribution is 0.180. The van der Waals surface area contributed by atoms with Crippen molar-refractivity contribution in [1.82, 2.24) is 9.80 Å². The molecule has 1 aliphatic rings. The molecule has 0 bridgehead atoms. The topological polar surface area (TPSA) is 49.6 Å². The van der Waals surface area contributed by atoms with Crippen LogP contribution in [0.2, 0.25) is 0 Å². The van der Waals surface area contributed by atoms with Crippen molar-refractivity contribution in [1.29, 1.82) is 0 Å². The molecule has 12 heavy (non-hydrogen) atoms. The minimum atomic E-state index is 0.103. The van der Waals surface area contributed by atoms with Gasteiger partial charge >= 0.3 is 6.03 Å². The molecule has 70 valence electrons. The first kappa shape index (κ1) is 9.32. The van der Waals surface area contributed by atoms with Gasteiger partial charge in [0.25, 0.3) is 0 Å². The molecular formula is C8H17N3O. The van der Waals surface area contributed by atoms with Crippen LogP contribution in [0.1, 0.15) is 6.42 Å². The maximum absolute atomic E-state index is 11.4. The zero-order valence-corrected chi connectivity index (χ0v) is 7.79. The highest BCUT2D eigenvalue weighted by Gasteiger charge is 2.25. The molecule has 1 aliphatic heterocycles. The predicted molar refractivity (Wildman–Crippen MR) is 47.8 cm³/mol. The molecule has 0 aromatic rings. The highest BCUT2D eigenvalue weighted by molar-refractivity contribution is 5.74. The van der Waals surface area contributed by atoms with Crippen LogP contribution in [0, 0.1) is 5.92 Å². The Bertz CT molecular complexity index is 170. The van der Waals surface area contributed by atoms with Crippen molar-refractivity contribution in [2.75, 3.05) is 33.7 Å². The van der Waals surface area contributed by atoms with Crippen LogP contribution < -0.4 is 5.73 Å². The minimum Gasteiger partial charge on any atom is -0.331 e. The number of rotatable bonds is 1. The van der Waals surface area contributed by atoms with E-state index in [1.165, 1.54) is 0 Å². The number of hydrogen-bond donors (Lipinski definition) is 1. The van der Waals surface area contributed by atoms with Crippen molar-refractivity contribution in [3.8, 4) is 0 Å². The van der Waals surface area contributed by atoms with Gasteiger partial charge in [-0.05, 0) is 18.9 Å². The van der Waals surface area contributed by atoms with Crippen molar-refractivity contribution in [3.63, 3.8) is 0 Å². The molecule has 1 atom stereocenters.